The zero-order valence-electron chi connectivity index (χ0n) is 12.0. The van der Waals surface area contributed by atoms with Gasteiger partial charge in [-0.05, 0) is 31.4 Å². The van der Waals surface area contributed by atoms with Crippen LogP contribution in [0.5, 0.6) is 0 Å². The van der Waals surface area contributed by atoms with Crippen molar-refractivity contribution < 1.29 is 9.21 Å². The first-order valence-corrected chi connectivity index (χ1v) is 7.06. The highest BCUT2D eigenvalue weighted by molar-refractivity contribution is 5.89. The van der Waals surface area contributed by atoms with Crippen LogP contribution in [0, 0.1) is 13.8 Å². The molecule has 0 bridgehead atoms. The van der Waals surface area contributed by atoms with Crippen molar-refractivity contribution in [2.24, 2.45) is 5.73 Å². The Bertz CT molecular complexity index is 660. The Balaban J connectivity index is 1.85. The maximum Gasteiger partial charge on any atom is 0.227 e. The van der Waals surface area contributed by atoms with Gasteiger partial charge >= 0.3 is 0 Å². The van der Waals surface area contributed by atoms with Crippen molar-refractivity contribution in [1.82, 2.24) is 4.90 Å². The smallest absolute Gasteiger partial charge is 0.227 e. The molecule has 1 aromatic carbocycles. The standard InChI is InChI=1S/C16H20N2O2/c1-10-3-4-14-12(9-20-16(14)11(10)2)7-15(19)18-6-5-13(17)8-18/h3-4,9,13H,5-8,17H2,1-2H3/t13-/m1/s1. The van der Waals surface area contributed by atoms with Crippen LogP contribution >= 0.6 is 0 Å². The summed E-state index contributed by atoms with van der Waals surface area (Å²) in [5.41, 5.74) is 10.1. The van der Waals surface area contributed by atoms with Crippen LogP contribution in [0.4, 0.5) is 0 Å². The first-order valence-electron chi connectivity index (χ1n) is 7.06. The van der Waals surface area contributed by atoms with Gasteiger partial charge in [0.1, 0.15) is 5.58 Å². The van der Waals surface area contributed by atoms with Gasteiger partial charge in [-0.1, -0.05) is 12.1 Å². The number of nitrogens with zero attached hydrogens (tertiary/aromatic N) is 1. The number of carbonyl (C=O) groups excluding carboxylic acids is 1. The molecule has 4 nitrogen and oxygen atoms in total. The average Bonchev–Trinajstić information content (AvgIpc) is 3.01. The van der Waals surface area contributed by atoms with Gasteiger partial charge in [-0.15, -0.1) is 0 Å². The number of nitrogens with two attached hydrogens (primary N) is 1. The van der Waals surface area contributed by atoms with Gasteiger partial charge in [0.05, 0.1) is 12.7 Å². The summed E-state index contributed by atoms with van der Waals surface area (Å²) in [5, 5.41) is 1.05. The third-order valence-corrected chi connectivity index (χ3v) is 4.26. The van der Waals surface area contributed by atoms with E-state index in [1.54, 1.807) is 6.26 Å². The molecule has 1 aliphatic heterocycles. The first kappa shape index (κ1) is 13.2. The molecule has 2 aromatic rings. The molecule has 0 saturated carbocycles. The van der Waals surface area contributed by atoms with Crippen LogP contribution in [-0.4, -0.2) is 29.9 Å². The van der Waals surface area contributed by atoms with Gasteiger partial charge in [-0.25, -0.2) is 0 Å². The van der Waals surface area contributed by atoms with Crippen molar-refractivity contribution in [3.8, 4) is 0 Å². The van der Waals surface area contributed by atoms with Crippen molar-refractivity contribution in [1.29, 1.82) is 0 Å². The van der Waals surface area contributed by atoms with Crippen LogP contribution in [0.3, 0.4) is 0 Å². The van der Waals surface area contributed by atoms with Crippen molar-refractivity contribution in [2.45, 2.75) is 32.7 Å². The van der Waals surface area contributed by atoms with E-state index in [1.807, 2.05) is 17.9 Å². The summed E-state index contributed by atoms with van der Waals surface area (Å²) >= 11 is 0. The van der Waals surface area contributed by atoms with Crippen LogP contribution in [0.1, 0.15) is 23.1 Å². The monoisotopic (exact) mass is 272 g/mol. The first-order chi connectivity index (χ1) is 9.56. The minimum absolute atomic E-state index is 0.130. The molecule has 106 valence electrons. The molecule has 1 atom stereocenters. The summed E-state index contributed by atoms with van der Waals surface area (Å²) in [6.07, 6.45) is 3.00. The molecule has 1 amide bonds. The lowest BCUT2D eigenvalue weighted by atomic mass is 10.0. The van der Waals surface area contributed by atoms with Gasteiger partial charge in [0.25, 0.3) is 0 Å². The Labute approximate surface area is 118 Å². The molecule has 3 rings (SSSR count). The summed E-state index contributed by atoms with van der Waals surface area (Å²) in [6, 6.07) is 4.25. The van der Waals surface area contributed by atoms with Gasteiger partial charge in [0.15, 0.2) is 0 Å². The number of aryl methyl sites for hydroxylation is 2. The summed E-state index contributed by atoms with van der Waals surface area (Å²) in [4.78, 5) is 14.1. The highest BCUT2D eigenvalue weighted by atomic mass is 16.3. The molecular formula is C16H20N2O2. The summed E-state index contributed by atoms with van der Waals surface area (Å²) in [7, 11) is 0. The highest BCUT2D eigenvalue weighted by Crippen LogP contribution is 2.27. The zero-order chi connectivity index (χ0) is 14.3. The van der Waals surface area contributed by atoms with Crippen molar-refractivity contribution in [3.05, 3.63) is 35.1 Å². The number of hydrogen-bond acceptors (Lipinski definition) is 3. The normalized spacial score (nSPS) is 18.9. The quantitative estimate of drug-likeness (QED) is 0.911. The molecular weight excluding hydrogens is 252 g/mol. The third-order valence-electron chi connectivity index (χ3n) is 4.26. The van der Waals surface area contributed by atoms with Crippen molar-refractivity contribution in [2.75, 3.05) is 13.1 Å². The molecule has 1 aromatic heterocycles. The van der Waals surface area contributed by atoms with Crippen molar-refractivity contribution in [3.63, 3.8) is 0 Å². The lowest BCUT2D eigenvalue weighted by Gasteiger charge is -2.15. The minimum Gasteiger partial charge on any atom is -0.464 e. The lowest BCUT2D eigenvalue weighted by Crippen LogP contribution is -2.32. The molecule has 1 saturated heterocycles. The van der Waals surface area contributed by atoms with E-state index in [0.717, 1.165) is 35.1 Å². The predicted octanol–water partition coefficient (Wildman–Crippen LogP) is 2.15. The van der Waals surface area contributed by atoms with E-state index in [2.05, 4.69) is 13.0 Å². The number of amides is 1. The number of benzene rings is 1. The summed E-state index contributed by atoms with van der Waals surface area (Å²) < 4.78 is 5.65. The number of likely N-dealkylation sites (tertiary alicyclic amines) is 1. The van der Waals surface area contributed by atoms with E-state index in [4.69, 9.17) is 10.2 Å². The SMILES string of the molecule is Cc1ccc2c(CC(=O)N3CC[C@@H](N)C3)coc2c1C. The van der Waals surface area contributed by atoms with Gasteiger partial charge in [0.2, 0.25) is 5.91 Å². The van der Waals surface area contributed by atoms with Gasteiger partial charge < -0.3 is 15.1 Å². The molecule has 0 aliphatic carbocycles. The molecule has 2 heterocycles. The molecule has 2 N–H and O–H groups in total. The van der Waals surface area contributed by atoms with Crippen LogP contribution in [-0.2, 0) is 11.2 Å². The van der Waals surface area contributed by atoms with E-state index in [0.29, 0.717) is 13.0 Å². The van der Waals surface area contributed by atoms with Gasteiger partial charge in [0, 0.05) is 30.1 Å². The second-order valence-corrected chi connectivity index (χ2v) is 5.71. The number of carbonyl (C=O) groups is 1. The Kier molecular flexibility index (Phi) is 3.26. The zero-order valence-corrected chi connectivity index (χ0v) is 12.0. The molecule has 20 heavy (non-hydrogen) atoms. The van der Waals surface area contributed by atoms with Crippen molar-refractivity contribution >= 4 is 16.9 Å². The Morgan fingerprint density at radius 2 is 2.25 bits per heavy atom. The maximum atomic E-state index is 12.3. The van der Waals surface area contributed by atoms with E-state index in [9.17, 15) is 4.79 Å². The second kappa shape index (κ2) is 4.94. The van der Waals surface area contributed by atoms with Crippen LogP contribution in [0.25, 0.3) is 11.0 Å². The molecule has 1 fully saturated rings. The summed E-state index contributed by atoms with van der Waals surface area (Å²) in [6.45, 7) is 5.56. The topological polar surface area (TPSA) is 59.5 Å². The van der Waals surface area contributed by atoms with E-state index < -0.39 is 0 Å². The second-order valence-electron chi connectivity index (χ2n) is 5.71. The molecule has 0 unspecified atom stereocenters. The largest absolute Gasteiger partial charge is 0.464 e. The fraction of sp³-hybridized carbons (Fsp3) is 0.438. The molecule has 0 spiro atoms. The Morgan fingerprint density at radius 3 is 2.95 bits per heavy atom. The van der Waals surface area contributed by atoms with Crippen LogP contribution in [0.15, 0.2) is 22.8 Å². The molecule has 1 aliphatic rings. The number of furan rings is 1. The van der Waals surface area contributed by atoms with Crippen LogP contribution in [0.2, 0.25) is 0 Å². The predicted molar refractivity (Wildman–Crippen MR) is 78.6 cm³/mol. The maximum absolute atomic E-state index is 12.3. The highest BCUT2D eigenvalue weighted by Gasteiger charge is 2.24. The van der Waals surface area contributed by atoms with Crippen LogP contribution < -0.4 is 5.73 Å². The molecule has 0 radical (unpaired) electrons. The number of rotatable bonds is 2. The fourth-order valence-corrected chi connectivity index (χ4v) is 2.81. The Hall–Kier alpha value is -1.81. The van der Waals surface area contributed by atoms with E-state index in [-0.39, 0.29) is 11.9 Å². The van der Waals surface area contributed by atoms with E-state index >= 15 is 0 Å². The number of fused-ring (bicyclic) bond motifs is 1. The summed E-state index contributed by atoms with van der Waals surface area (Å²) in [5.74, 6) is 0.138. The van der Waals surface area contributed by atoms with E-state index in [1.165, 1.54) is 5.56 Å². The lowest BCUT2D eigenvalue weighted by molar-refractivity contribution is -0.129. The van der Waals surface area contributed by atoms with Gasteiger partial charge in [-0.2, -0.15) is 0 Å². The number of hydrogen-bond donors (Lipinski definition) is 1. The minimum atomic E-state index is 0.130. The molecule has 4 heteroatoms. The average molecular weight is 272 g/mol. The fourth-order valence-electron chi connectivity index (χ4n) is 2.81. The Morgan fingerprint density at radius 1 is 1.45 bits per heavy atom. The third kappa shape index (κ3) is 2.20. The van der Waals surface area contributed by atoms with Gasteiger partial charge in [-0.3, -0.25) is 4.79 Å².